The van der Waals surface area contributed by atoms with Crippen LogP contribution in [0.2, 0.25) is 0 Å². The number of benzene rings is 1. The van der Waals surface area contributed by atoms with Gasteiger partial charge in [0.25, 0.3) is 16.8 Å². The number of para-hydroxylation sites is 1. The number of carbonyl (C=O) groups excluding carboxylic acids is 1. The highest BCUT2D eigenvalue weighted by Crippen LogP contribution is 2.42. The van der Waals surface area contributed by atoms with Gasteiger partial charge in [0.1, 0.15) is 22.9 Å². The number of phenols is 1. The second kappa shape index (κ2) is 7.30. The summed E-state index contributed by atoms with van der Waals surface area (Å²) in [5.74, 6) is 1.65. The van der Waals surface area contributed by atoms with Crippen LogP contribution in [-0.2, 0) is 6.54 Å². The topological polar surface area (TPSA) is 112 Å². The van der Waals surface area contributed by atoms with Crippen LogP contribution in [0.5, 0.6) is 5.75 Å². The number of nitrogens with zero attached hydrogens (tertiary/aromatic N) is 1. The molecule has 0 bridgehead atoms. The first-order chi connectivity index (χ1) is 14.9. The van der Waals surface area contributed by atoms with Crippen LogP contribution in [-0.4, -0.2) is 29.0 Å². The van der Waals surface area contributed by atoms with Crippen molar-refractivity contribution < 1.29 is 14.3 Å². The summed E-state index contributed by atoms with van der Waals surface area (Å²) in [4.78, 5) is 38.4. The van der Waals surface area contributed by atoms with Gasteiger partial charge >= 0.3 is 0 Å². The van der Waals surface area contributed by atoms with Crippen LogP contribution in [0.3, 0.4) is 0 Å². The Kier molecular flexibility index (Phi) is 4.57. The number of rotatable bonds is 7. The molecule has 1 aliphatic carbocycles. The number of furan rings is 1. The van der Waals surface area contributed by atoms with Crippen LogP contribution in [0, 0.1) is 6.92 Å². The Bertz CT molecular complexity index is 1240. The monoisotopic (exact) mass is 421 g/mol. The van der Waals surface area contributed by atoms with Crippen molar-refractivity contribution in [1.29, 1.82) is 0 Å². The number of hydrogen-bond acceptors (Lipinski definition) is 7. The van der Waals surface area contributed by atoms with Crippen LogP contribution >= 0.6 is 0 Å². The summed E-state index contributed by atoms with van der Waals surface area (Å²) in [5, 5.41) is 16.4. The summed E-state index contributed by atoms with van der Waals surface area (Å²) >= 11 is 0. The van der Waals surface area contributed by atoms with E-state index in [-0.39, 0.29) is 40.8 Å². The second-order valence-electron chi connectivity index (χ2n) is 8.23. The molecule has 2 aromatic carbocycles. The maximum Gasteiger partial charge on any atom is 0.257 e. The summed E-state index contributed by atoms with van der Waals surface area (Å²) in [6.07, 6.45) is 3.28. The van der Waals surface area contributed by atoms with Crippen molar-refractivity contribution in [3.63, 3.8) is 0 Å². The summed E-state index contributed by atoms with van der Waals surface area (Å²) in [6, 6.07) is 6.72. The average Bonchev–Trinajstić information content (AvgIpc) is 3.49. The van der Waals surface area contributed by atoms with Crippen molar-refractivity contribution in [3.8, 4) is 5.75 Å². The lowest BCUT2D eigenvalue weighted by atomic mass is 10.1. The van der Waals surface area contributed by atoms with Crippen molar-refractivity contribution in [2.75, 3.05) is 23.7 Å². The van der Waals surface area contributed by atoms with Crippen LogP contribution in [0.4, 0.5) is 17.1 Å². The fraction of sp³-hybridized carbons (Fsp3) is 0.348. The number of aromatic hydroxyl groups is 1. The van der Waals surface area contributed by atoms with Crippen LogP contribution in [0.25, 0.3) is 0 Å². The highest BCUT2D eigenvalue weighted by Gasteiger charge is 2.29. The molecule has 3 aromatic rings. The summed E-state index contributed by atoms with van der Waals surface area (Å²) in [6.45, 7) is 3.53. The molecule has 1 aromatic heterocycles. The Hall–Kier alpha value is -3.55. The molecule has 0 atom stereocenters. The van der Waals surface area contributed by atoms with E-state index in [1.807, 2.05) is 13.0 Å². The average molecular weight is 421 g/mol. The molecular weight excluding hydrogens is 398 g/mol. The Labute approximate surface area is 178 Å². The zero-order valence-electron chi connectivity index (χ0n) is 17.2. The molecule has 31 heavy (non-hydrogen) atoms. The van der Waals surface area contributed by atoms with Gasteiger partial charge in [0, 0.05) is 13.1 Å². The minimum atomic E-state index is -0.671. The molecule has 2 heterocycles. The van der Waals surface area contributed by atoms with Crippen molar-refractivity contribution in [1.82, 2.24) is 4.90 Å². The second-order valence-corrected chi connectivity index (χ2v) is 8.23. The SMILES string of the molecule is Cc1oc(CNc2c(Nc3cccc(C(=O)N4CCC4)c3O)c(=O)c2=O)cc1C1CC1. The molecular formula is C23H23N3O5. The molecule has 5 rings (SSSR count). The number of likely N-dealkylation sites (tertiary alicyclic amines) is 1. The molecule has 2 fully saturated rings. The predicted molar refractivity (Wildman–Crippen MR) is 116 cm³/mol. The fourth-order valence-corrected chi connectivity index (χ4v) is 3.94. The van der Waals surface area contributed by atoms with Gasteiger partial charge in [-0.05, 0) is 55.9 Å². The zero-order valence-corrected chi connectivity index (χ0v) is 17.2. The fourth-order valence-electron chi connectivity index (χ4n) is 3.94. The number of nitrogens with one attached hydrogen (secondary N) is 2. The number of phenolic OH excluding ortho intramolecular Hbond substituents is 1. The first kappa shape index (κ1) is 19.4. The van der Waals surface area contributed by atoms with E-state index in [2.05, 4.69) is 10.6 Å². The first-order valence-electron chi connectivity index (χ1n) is 10.5. The third kappa shape index (κ3) is 3.37. The van der Waals surface area contributed by atoms with E-state index < -0.39 is 10.9 Å². The molecule has 1 aliphatic heterocycles. The summed E-state index contributed by atoms with van der Waals surface area (Å²) < 4.78 is 5.77. The lowest BCUT2D eigenvalue weighted by molar-refractivity contribution is 0.0649. The minimum absolute atomic E-state index is 0.0690. The lowest BCUT2D eigenvalue weighted by Crippen LogP contribution is -2.42. The number of anilines is 3. The van der Waals surface area contributed by atoms with Gasteiger partial charge in [-0.1, -0.05) is 6.07 Å². The van der Waals surface area contributed by atoms with E-state index in [1.165, 1.54) is 18.4 Å². The predicted octanol–water partition coefficient (Wildman–Crippen LogP) is 2.97. The van der Waals surface area contributed by atoms with E-state index in [1.54, 1.807) is 23.1 Å². The Balaban J connectivity index is 1.33. The standard InChI is InChI=1S/C23H23N3O5/c1-12-16(13-6-7-13)10-14(31-12)11-24-18-19(22(29)21(18)28)25-17-5-2-4-15(20(17)27)23(30)26-8-3-9-26/h2,4-5,10,13,24-25,27H,3,6-9,11H2,1H3. The van der Waals surface area contributed by atoms with E-state index in [0.717, 1.165) is 12.2 Å². The van der Waals surface area contributed by atoms with Crippen molar-refractivity contribution in [3.05, 3.63) is 67.4 Å². The van der Waals surface area contributed by atoms with Crippen molar-refractivity contribution in [2.24, 2.45) is 0 Å². The highest BCUT2D eigenvalue weighted by molar-refractivity contribution is 5.99. The Morgan fingerprint density at radius 3 is 2.61 bits per heavy atom. The van der Waals surface area contributed by atoms with Gasteiger partial charge in [-0.15, -0.1) is 0 Å². The van der Waals surface area contributed by atoms with Crippen molar-refractivity contribution >= 4 is 23.0 Å². The maximum atomic E-state index is 12.5. The molecule has 1 saturated heterocycles. The van der Waals surface area contributed by atoms with E-state index >= 15 is 0 Å². The van der Waals surface area contributed by atoms with Crippen molar-refractivity contribution in [2.45, 2.75) is 38.6 Å². The molecule has 0 spiro atoms. The molecule has 3 N–H and O–H groups in total. The molecule has 1 amide bonds. The minimum Gasteiger partial charge on any atom is -0.505 e. The Morgan fingerprint density at radius 1 is 1.19 bits per heavy atom. The van der Waals surface area contributed by atoms with Crippen LogP contribution in [0.1, 0.15) is 52.6 Å². The summed E-state index contributed by atoms with van der Waals surface area (Å²) in [5.41, 5.74) is 0.485. The van der Waals surface area contributed by atoms with Gasteiger partial charge in [-0.3, -0.25) is 14.4 Å². The van der Waals surface area contributed by atoms with Gasteiger partial charge < -0.3 is 25.1 Å². The molecule has 160 valence electrons. The van der Waals surface area contributed by atoms with E-state index in [4.69, 9.17) is 4.42 Å². The normalized spacial score (nSPS) is 15.7. The maximum absolute atomic E-state index is 12.5. The smallest absolute Gasteiger partial charge is 0.257 e. The van der Waals surface area contributed by atoms with Gasteiger partial charge in [0.2, 0.25) is 0 Å². The third-order valence-corrected chi connectivity index (χ3v) is 6.04. The molecule has 0 unspecified atom stereocenters. The number of hydrogen-bond donors (Lipinski definition) is 3. The van der Waals surface area contributed by atoms with Crippen LogP contribution in [0.15, 0.2) is 38.3 Å². The highest BCUT2D eigenvalue weighted by atomic mass is 16.3. The number of aryl methyl sites for hydroxylation is 1. The van der Waals surface area contributed by atoms with Gasteiger partial charge in [0.05, 0.1) is 17.8 Å². The number of amides is 1. The van der Waals surface area contributed by atoms with Crippen LogP contribution < -0.4 is 21.5 Å². The van der Waals surface area contributed by atoms with Gasteiger partial charge in [-0.2, -0.15) is 0 Å². The van der Waals surface area contributed by atoms with Gasteiger partial charge in [-0.25, -0.2) is 0 Å². The zero-order chi connectivity index (χ0) is 21.7. The molecule has 8 heteroatoms. The molecule has 0 radical (unpaired) electrons. The first-order valence-corrected chi connectivity index (χ1v) is 10.5. The third-order valence-electron chi connectivity index (χ3n) is 6.04. The van der Waals surface area contributed by atoms with E-state index in [0.29, 0.717) is 24.8 Å². The molecule has 1 saturated carbocycles. The largest absolute Gasteiger partial charge is 0.505 e. The molecule has 8 nitrogen and oxygen atoms in total. The van der Waals surface area contributed by atoms with E-state index in [9.17, 15) is 19.5 Å². The molecule has 2 aliphatic rings. The van der Waals surface area contributed by atoms with Gasteiger partial charge in [0.15, 0.2) is 5.75 Å². The Morgan fingerprint density at radius 2 is 1.94 bits per heavy atom. The lowest BCUT2D eigenvalue weighted by Gasteiger charge is -2.31. The quantitative estimate of drug-likeness (QED) is 0.397. The number of carbonyl (C=O) groups is 1. The summed E-state index contributed by atoms with van der Waals surface area (Å²) in [7, 11) is 0.